The number of rotatable bonds is 5. The van der Waals surface area contributed by atoms with Crippen molar-refractivity contribution in [2.45, 2.75) is 25.8 Å². The fraction of sp³-hybridized carbons (Fsp3) is 0.500. The van der Waals surface area contributed by atoms with Crippen LogP contribution in [-0.2, 0) is 0 Å². The van der Waals surface area contributed by atoms with Gasteiger partial charge in [-0.05, 0) is 18.6 Å². The number of halogens is 2. The monoisotopic (exact) mass is 216 g/mol. The van der Waals surface area contributed by atoms with Gasteiger partial charge in [0.25, 0.3) is 6.43 Å². The van der Waals surface area contributed by atoms with Crippen LogP contribution in [0.5, 0.6) is 5.75 Å². The molecular weight excluding hydrogens is 202 g/mol. The normalized spacial score (nSPS) is 12.9. The Bertz CT molecular complexity index is 290. The van der Waals surface area contributed by atoms with Crippen molar-refractivity contribution in [3.63, 3.8) is 0 Å². The minimum atomic E-state index is -2.47. The number of ether oxygens (including phenoxy) is 1. The van der Waals surface area contributed by atoms with Crippen LogP contribution in [0.2, 0.25) is 0 Å². The molecule has 0 saturated carbocycles. The smallest absolute Gasteiger partial charge is 0.272 e. The van der Waals surface area contributed by atoms with E-state index in [1.807, 2.05) is 6.92 Å². The van der Waals surface area contributed by atoms with Gasteiger partial charge in [-0.1, -0.05) is 6.92 Å². The second kappa shape index (κ2) is 5.60. The molecule has 0 aliphatic heterocycles. The number of nitrogens with two attached hydrogens (primary N) is 1. The first kappa shape index (κ1) is 11.8. The van der Waals surface area contributed by atoms with Crippen LogP contribution in [0, 0.1) is 0 Å². The van der Waals surface area contributed by atoms with E-state index in [1.54, 1.807) is 12.1 Å². The van der Waals surface area contributed by atoms with Crippen LogP contribution in [0.25, 0.3) is 0 Å². The van der Waals surface area contributed by atoms with Crippen molar-refractivity contribution >= 4 is 0 Å². The standard InChI is InChI=1S/C10H14F2N2O/c1-2-8(13)9-4-3-7(5-14-9)15-6-10(11)12/h3-5,8,10H,2,6,13H2,1H3/t8-/m0/s1. The summed E-state index contributed by atoms with van der Waals surface area (Å²) in [5.74, 6) is 0.336. The quantitative estimate of drug-likeness (QED) is 0.820. The summed E-state index contributed by atoms with van der Waals surface area (Å²) in [5.41, 5.74) is 6.48. The lowest BCUT2D eigenvalue weighted by Gasteiger charge is -2.09. The molecule has 0 saturated heterocycles. The average Bonchev–Trinajstić information content (AvgIpc) is 2.26. The summed E-state index contributed by atoms with van der Waals surface area (Å²) in [6.07, 6.45) is -0.278. The third-order valence-corrected chi connectivity index (χ3v) is 1.95. The highest BCUT2D eigenvalue weighted by Crippen LogP contribution is 2.15. The van der Waals surface area contributed by atoms with Gasteiger partial charge in [-0.15, -0.1) is 0 Å². The lowest BCUT2D eigenvalue weighted by Crippen LogP contribution is -2.11. The van der Waals surface area contributed by atoms with Crippen molar-refractivity contribution in [3.8, 4) is 5.75 Å². The molecule has 0 bridgehead atoms. The highest BCUT2D eigenvalue weighted by molar-refractivity contribution is 5.21. The van der Waals surface area contributed by atoms with Crippen molar-refractivity contribution < 1.29 is 13.5 Å². The van der Waals surface area contributed by atoms with Gasteiger partial charge in [0.15, 0.2) is 0 Å². The second-order valence-electron chi connectivity index (χ2n) is 3.14. The van der Waals surface area contributed by atoms with E-state index in [1.165, 1.54) is 6.20 Å². The Hall–Kier alpha value is -1.23. The summed E-state index contributed by atoms with van der Waals surface area (Å²) in [4.78, 5) is 4.03. The van der Waals surface area contributed by atoms with Crippen molar-refractivity contribution in [3.05, 3.63) is 24.0 Å². The van der Waals surface area contributed by atoms with Gasteiger partial charge in [0, 0.05) is 6.04 Å². The Balaban J connectivity index is 2.56. The van der Waals surface area contributed by atoms with Crippen LogP contribution < -0.4 is 10.5 Å². The van der Waals surface area contributed by atoms with Gasteiger partial charge >= 0.3 is 0 Å². The SMILES string of the molecule is CC[C@H](N)c1ccc(OCC(F)F)cn1. The van der Waals surface area contributed by atoms with E-state index in [9.17, 15) is 8.78 Å². The molecule has 0 spiro atoms. The fourth-order valence-electron chi connectivity index (χ4n) is 1.06. The first-order valence-electron chi connectivity index (χ1n) is 4.76. The number of hydrogen-bond acceptors (Lipinski definition) is 3. The maximum Gasteiger partial charge on any atom is 0.272 e. The average molecular weight is 216 g/mol. The molecule has 0 unspecified atom stereocenters. The Labute approximate surface area is 87.3 Å². The van der Waals surface area contributed by atoms with Crippen LogP contribution >= 0.6 is 0 Å². The molecule has 0 radical (unpaired) electrons. The van der Waals surface area contributed by atoms with Gasteiger partial charge in [0.2, 0.25) is 0 Å². The molecule has 5 heteroatoms. The molecule has 2 N–H and O–H groups in total. The predicted molar refractivity (Wildman–Crippen MR) is 53.0 cm³/mol. The van der Waals surface area contributed by atoms with E-state index in [4.69, 9.17) is 10.5 Å². The predicted octanol–water partition coefficient (Wildman–Crippen LogP) is 2.14. The Morgan fingerprint density at radius 3 is 2.67 bits per heavy atom. The summed E-state index contributed by atoms with van der Waals surface area (Å²) in [7, 11) is 0. The molecule has 0 fully saturated rings. The van der Waals surface area contributed by atoms with Crippen LogP contribution in [0.3, 0.4) is 0 Å². The second-order valence-corrected chi connectivity index (χ2v) is 3.14. The zero-order valence-electron chi connectivity index (χ0n) is 8.49. The lowest BCUT2D eigenvalue weighted by molar-refractivity contribution is 0.0817. The molecule has 3 nitrogen and oxygen atoms in total. The Kier molecular flexibility index (Phi) is 4.42. The molecule has 0 aliphatic carbocycles. The highest BCUT2D eigenvalue weighted by Gasteiger charge is 2.06. The summed E-state index contributed by atoms with van der Waals surface area (Å²) < 4.78 is 28.4. The van der Waals surface area contributed by atoms with Crippen LogP contribution in [0.15, 0.2) is 18.3 Å². The molecule has 0 amide bonds. The number of pyridine rings is 1. The molecule has 1 aromatic heterocycles. The molecule has 1 atom stereocenters. The van der Waals surface area contributed by atoms with Gasteiger partial charge in [0.1, 0.15) is 12.4 Å². The Morgan fingerprint density at radius 1 is 1.47 bits per heavy atom. The van der Waals surface area contributed by atoms with Gasteiger partial charge in [-0.3, -0.25) is 4.98 Å². The van der Waals surface area contributed by atoms with Crippen LogP contribution in [0.4, 0.5) is 8.78 Å². The molecule has 0 aromatic carbocycles. The van der Waals surface area contributed by atoms with Crippen LogP contribution in [0.1, 0.15) is 25.1 Å². The van der Waals surface area contributed by atoms with E-state index < -0.39 is 13.0 Å². The summed E-state index contributed by atoms with van der Waals surface area (Å²) in [6.45, 7) is 1.34. The summed E-state index contributed by atoms with van der Waals surface area (Å²) in [6, 6.07) is 3.17. The van der Waals surface area contributed by atoms with E-state index in [-0.39, 0.29) is 6.04 Å². The van der Waals surface area contributed by atoms with Gasteiger partial charge in [0.05, 0.1) is 11.9 Å². The maximum atomic E-state index is 11.8. The molecular formula is C10H14F2N2O. The lowest BCUT2D eigenvalue weighted by atomic mass is 10.1. The van der Waals surface area contributed by atoms with Crippen LogP contribution in [-0.4, -0.2) is 18.0 Å². The third-order valence-electron chi connectivity index (χ3n) is 1.95. The topological polar surface area (TPSA) is 48.1 Å². The minimum absolute atomic E-state index is 0.117. The van der Waals surface area contributed by atoms with Gasteiger partial charge < -0.3 is 10.5 Å². The zero-order chi connectivity index (χ0) is 11.3. The first-order chi connectivity index (χ1) is 7.13. The van der Waals surface area contributed by atoms with Crippen molar-refractivity contribution in [1.82, 2.24) is 4.98 Å². The minimum Gasteiger partial charge on any atom is -0.486 e. The largest absolute Gasteiger partial charge is 0.486 e. The van der Waals surface area contributed by atoms with E-state index in [0.717, 1.165) is 12.1 Å². The van der Waals surface area contributed by atoms with Crippen molar-refractivity contribution in [2.24, 2.45) is 5.73 Å². The first-order valence-corrected chi connectivity index (χ1v) is 4.76. The zero-order valence-corrected chi connectivity index (χ0v) is 8.49. The third kappa shape index (κ3) is 3.79. The highest BCUT2D eigenvalue weighted by atomic mass is 19.3. The summed E-state index contributed by atoms with van der Waals surface area (Å²) >= 11 is 0. The van der Waals surface area contributed by atoms with E-state index in [2.05, 4.69) is 4.98 Å². The summed E-state index contributed by atoms with van der Waals surface area (Å²) in [5, 5.41) is 0. The maximum absolute atomic E-state index is 11.8. The number of alkyl halides is 2. The van der Waals surface area contributed by atoms with E-state index in [0.29, 0.717) is 5.75 Å². The molecule has 15 heavy (non-hydrogen) atoms. The molecule has 1 heterocycles. The molecule has 1 rings (SSSR count). The van der Waals surface area contributed by atoms with Crippen molar-refractivity contribution in [2.75, 3.05) is 6.61 Å². The van der Waals surface area contributed by atoms with Gasteiger partial charge in [-0.2, -0.15) is 0 Å². The molecule has 84 valence electrons. The number of aromatic nitrogens is 1. The van der Waals surface area contributed by atoms with E-state index >= 15 is 0 Å². The van der Waals surface area contributed by atoms with Crippen molar-refractivity contribution in [1.29, 1.82) is 0 Å². The molecule has 1 aromatic rings. The number of hydrogen-bond donors (Lipinski definition) is 1. The fourth-order valence-corrected chi connectivity index (χ4v) is 1.06. The van der Waals surface area contributed by atoms with Gasteiger partial charge in [-0.25, -0.2) is 8.78 Å². The number of nitrogens with zero attached hydrogens (tertiary/aromatic N) is 1. The molecule has 0 aliphatic rings. The Morgan fingerprint density at radius 2 is 2.20 bits per heavy atom.